The van der Waals surface area contributed by atoms with Crippen LogP contribution in [0.3, 0.4) is 0 Å². The maximum absolute atomic E-state index is 11.4. The number of rotatable bonds is 2. The van der Waals surface area contributed by atoms with Gasteiger partial charge in [-0.3, -0.25) is 0 Å². The number of hydrogen-bond donors (Lipinski definition) is 2. The maximum atomic E-state index is 11.4. The third-order valence-corrected chi connectivity index (χ3v) is 0.575. The van der Waals surface area contributed by atoms with Gasteiger partial charge in [-0.1, -0.05) is 0 Å². The van der Waals surface area contributed by atoms with Gasteiger partial charge in [0.2, 0.25) is 0 Å². The molecule has 0 radical (unpaired) electrons. The first-order valence-corrected chi connectivity index (χ1v) is 2.49. The molecule has 12 heavy (non-hydrogen) atoms. The van der Waals surface area contributed by atoms with Crippen LogP contribution in [-0.4, -0.2) is 36.8 Å². The van der Waals surface area contributed by atoms with Crippen LogP contribution in [0.1, 0.15) is 0 Å². The van der Waals surface area contributed by atoms with Gasteiger partial charge in [0.05, 0.1) is 0 Å². The van der Waals surface area contributed by atoms with Crippen molar-refractivity contribution in [2.45, 2.75) is 0 Å². The van der Waals surface area contributed by atoms with Gasteiger partial charge in [0, 0.05) is 0 Å². The lowest BCUT2D eigenvalue weighted by molar-refractivity contribution is -0.158. The summed E-state index contributed by atoms with van der Waals surface area (Å²) in [6.07, 6.45) is 0. The van der Waals surface area contributed by atoms with Crippen molar-refractivity contribution >= 4 is 26.7 Å². The Kier molecular flexibility index (Phi) is 4.22. The second-order valence-corrected chi connectivity index (χ2v) is 1.39. The summed E-state index contributed by atoms with van der Waals surface area (Å²) in [6, 6.07) is 0. The van der Waals surface area contributed by atoms with Crippen molar-refractivity contribution in [2.75, 3.05) is 0 Å². The Morgan fingerprint density at radius 1 is 1.00 bits per heavy atom. The molecule has 0 aromatic rings. The lowest BCUT2D eigenvalue weighted by Crippen LogP contribution is -2.30. The number of carbonyl (C=O) groups is 2. The average molecular weight is 182 g/mol. The normalized spacial score (nSPS) is 8.67. The van der Waals surface area contributed by atoms with Gasteiger partial charge in [0.15, 0.2) is 0 Å². The molecule has 0 bridgehead atoms. The van der Waals surface area contributed by atoms with Crippen LogP contribution in [0.5, 0.6) is 0 Å². The van der Waals surface area contributed by atoms with Crippen molar-refractivity contribution in [3.63, 3.8) is 0 Å². The molecule has 0 amide bonds. The Hall–Kier alpha value is -1.15. The lowest BCUT2D eigenvalue weighted by Gasteiger charge is -2.00. The minimum atomic E-state index is -3.00. The highest BCUT2D eigenvalue weighted by atomic mass is 19.1. The smallest absolute Gasteiger partial charge is 0.473 e. The zero-order chi connectivity index (χ0) is 9.72. The first-order valence-electron chi connectivity index (χ1n) is 2.49. The van der Waals surface area contributed by atoms with E-state index in [1.807, 2.05) is 0 Å². The van der Waals surface area contributed by atoms with Gasteiger partial charge >= 0.3 is 26.7 Å². The van der Waals surface area contributed by atoms with Gasteiger partial charge in [0.1, 0.15) is 0 Å². The molecular formula is C2H2B2F2O6. The molecule has 0 heterocycles. The predicted octanol–water partition coefficient (Wildman–Crippen LogP) is -2.03. The molecule has 0 saturated carbocycles. The van der Waals surface area contributed by atoms with Crippen LogP contribution in [0.4, 0.5) is 8.63 Å². The molecule has 0 aliphatic rings. The van der Waals surface area contributed by atoms with E-state index in [1.165, 1.54) is 0 Å². The fraction of sp³-hybridized carbons (Fsp3) is 0. The Balaban J connectivity index is 3.86. The van der Waals surface area contributed by atoms with E-state index in [9.17, 15) is 18.2 Å². The van der Waals surface area contributed by atoms with E-state index in [1.54, 1.807) is 0 Å². The zero-order valence-corrected chi connectivity index (χ0v) is 5.44. The summed E-state index contributed by atoms with van der Waals surface area (Å²) in [4.78, 5) is 20.2. The van der Waals surface area contributed by atoms with Gasteiger partial charge < -0.3 is 19.4 Å². The third kappa shape index (κ3) is 4.63. The predicted molar refractivity (Wildman–Crippen MR) is 30.3 cm³/mol. The van der Waals surface area contributed by atoms with Crippen molar-refractivity contribution in [3.8, 4) is 0 Å². The largest absolute Gasteiger partial charge is 0.754 e. The summed E-state index contributed by atoms with van der Waals surface area (Å²) in [5.41, 5.74) is 0. The summed E-state index contributed by atoms with van der Waals surface area (Å²) >= 11 is 0. The van der Waals surface area contributed by atoms with E-state index in [-0.39, 0.29) is 0 Å². The molecule has 0 fully saturated rings. The quantitative estimate of drug-likeness (QED) is 0.377. The van der Waals surface area contributed by atoms with Crippen LogP contribution in [0.15, 0.2) is 0 Å². The topological polar surface area (TPSA) is 93.1 Å². The molecule has 0 spiro atoms. The second kappa shape index (κ2) is 4.67. The molecule has 66 valence electrons. The summed E-state index contributed by atoms with van der Waals surface area (Å²) in [7, 11) is -6.00. The van der Waals surface area contributed by atoms with E-state index in [0.717, 1.165) is 0 Å². The molecule has 0 unspecified atom stereocenters. The van der Waals surface area contributed by atoms with E-state index in [0.29, 0.717) is 0 Å². The SMILES string of the molecule is O=C(OB(O)F)C(=O)OB(O)F. The number of hydrogen-bond acceptors (Lipinski definition) is 6. The average Bonchev–Trinajstić information content (AvgIpc) is 1.84. The Morgan fingerprint density at radius 2 is 1.25 bits per heavy atom. The van der Waals surface area contributed by atoms with Crippen LogP contribution < -0.4 is 0 Å². The first kappa shape index (κ1) is 10.8. The molecule has 2 N–H and O–H groups in total. The van der Waals surface area contributed by atoms with Crippen LogP contribution in [0, 0.1) is 0 Å². The highest BCUT2D eigenvalue weighted by Gasteiger charge is 2.29. The highest BCUT2D eigenvalue weighted by molar-refractivity contribution is 6.48. The summed E-state index contributed by atoms with van der Waals surface area (Å²) in [6.45, 7) is 0. The molecule has 0 saturated heterocycles. The Bertz CT molecular complexity index is 162. The van der Waals surface area contributed by atoms with Crippen LogP contribution >= 0.6 is 0 Å². The standard InChI is InChI=1S/C2H2B2F2O6/c5-3(9)11-1(7)2(8)12-4(6)10/h9-10H. The fourth-order valence-electron chi connectivity index (χ4n) is 0.273. The summed E-state index contributed by atoms with van der Waals surface area (Å²) in [5.74, 6) is -3.91. The summed E-state index contributed by atoms with van der Waals surface area (Å²) in [5, 5.41) is 15.5. The minimum Gasteiger partial charge on any atom is -0.473 e. The van der Waals surface area contributed by atoms with E-state index in [2.05, 4.69) is 9.31 Å². The van der Waals surface area contributed by atoms with Crippen molar-refractivity contribution in [1.82, 2.24) is 0 Å². The minimum absolute atomic E-state index is 1.96. The summed E-state index contributed by atoms with van der Waals surface area (Å²) < 4.78 is 29.2. The van der Waals surface area contributed by atoms with E-state index >= 15 is 0 Å². The zero-order valence-electron chi connectivity index (χ0n) is 5.44. The molecular weight excluding hydrogens is 180 g/mol. The third-order valence-electron chi connectivity index (χ3n) is 0.575. The Labute approximate surface area is 65.5 Å². The van der Waals surface area contributed by atoms with Gasteiger partial charge in [-0.05, 0) is 0 Å². The highest BCUT2D eigenvalue weighted by Crippen LogP contribution is 1.90. The number of halogens is 2. The van der Waals surface area contributed by atoms with E-state index in [4.69, 9.17) is 10.0 Å². The van der Waals surface area contributed by atoms with E-state index < -0.39 is 26.7 Å². The van der Waals surface area contributed by atoms with Crippen LogP contribution in [-0.2, 0) is 18.9 Å². The van der Waals surface area contributed by atoms with Crippen molar-refractivity contribution in [2.24, 2.45) is 0 Å². The lowest BCUT2D eigenvalue weighted by atomic mass is 10.3. The Morgan fingerprint density at radius 3 is 1.42 bits per heavy atom. The van der Waals surface area contributed by atoms with Crippen LogP contribution in [0.2, 0.25) is 0 Å². The second-order valence-electron chi connectivity index (χ2n) is 1.39. The molecule has 0 aromatic carbocycles. The van der Waals surface area contributed by atoms with Crippen LogP contribution in [0.25, 0.3) is 0 Å². The van der Waals surface area contributed by atoms with Crippen molar-refractivity contribution in [1.29, 1.82) is 0 Å². The van der Waals surface area contributed by atoms with Gasteiger partial charge in [0.25, 0.3) is 0 Å². The molecule has 0 atom stereocenters. The molecule has 10 heteroatoms. The molecule has 0 rings (SSSR count). The van der Waals surface area contributed by atoms with Crippen molar-refractivity contribution in [3.05, 3.63) is 0 Å². The first-order chi connectivity index (χ1) is 5.43. The van der Waals surface area contributed by atoms with Crippen molar-refractivity contribution < 1.29 is 37.6 Å². The van der Waals surface area contributed by atoms with Gasteiger partial charge in [-0.2, -0.15) is 0 Å². The van der Waals surface area contributed by atoms with Gasteiger partial charge in [-0.15, -0.1) is 0 Å². The molecule has 0 aliphatic carbocycles. The monoisotopic (exact) mass is 182 g/mol. The molecule has 6 nitrogen and oxygen atoms in total. The number of carbonyl (C=O) groups excluding carboxylic acids is 2. The maximum Gasteiger partial charge on any atom is 0.754 e. The van der Waals surface area contributed by atoms with Gasteiger partial charge in [-0.25, -0.2) is 18.2 Å². The molecule has 0 aromatic heterocycles. The fourth-order valence-corrected chi connectivity index (χ4v) is 0.273. The molecule has 0 aliphatic heterocycles.